The number of ether oxygens (including phenoxy) is 2. The van der Waals surface area contributed by atoms with E-state index in [2.05, 4.69) is 10.3 Å². The van der Waals surface area contributed by atoms with Gasteiger partial charge < -0.3 is 24.6 Å². The topological polar surface area (TPSA) is 107 Å². The van der Waals surface area contributed by atoms with Gasteiger partial charge in [-0.3, -0.25) is 4.79 Å². The van der Waals surface area contributed by atoms with Crippen molar-refractivity contribution < 1.29 is 19.1 Å². The minimum atomic E-state index is -0.585. The third kappa shape index (κ3) is 8.46. The van der Waals surface area contributed by atoms with Crippen LogP contribution >= 0.6 is 0 Å². The average Bonchev–Trinajstić information content (AvgIpc) is 2.71. The van der Waals surface area contributed by atoms with Crippen molar-refractivity contribution in [2.45, 2.75) is 58.7 Å². The molecule has 1 aliphatic heterocycles. The lowest BCUT2D eigenvalue weighted by Crippen LogP contribution is -2.54. The van der Waals surface area contributed by atoms with Crippen LogP contribution < -0.4 is 5.32 Å². The zero-order chi connectivity index (χ0) is 23.6. The van der Waals surface area contributed by atoms with Crippen molar-refractivity contribution >= 4 is 18.0 Å². The highest BCUT2D eigenvalue weighted by molar-refractivity contribution is 5.85. The first-order valence-electron chi connectivity index (χ1n) is 10.9. The zero-order valence-electron chi connectivity index (χ0n) is 19.3. The maximum atomic E-state index is 12.3. The van der Waals surface area contributed by atoms with Gasteiger partial charge in [-0.15, -0.1) is 4.99 Å². The molecular formula is C23H33N5O4. The van der Waals surface area contributed by atoms with Crippen molar-refractivity contribution in [2.75, 3.05) is 26.2 Å². The van der Waals surface area contributed by atoms with Crippen LogP contribution in [-0.2, 0) is 20.8 Å². The van der Waals surface area contributed by atoms with E-state index in [1.807, 2.05) is 62.2 Å². The summed E-state index contributed by atoms with van der Waals surface area (Å²) in [5, 5.41) is 12.3. The number of esters is 1. The molecule has 1 aromatic carbocycles. The van der Waals surface area contributed by atoms with E-state index in [9.17, 15) is 14.9 Å². The molecule has 9 nitrogen and oxygen atoms in total. The van der Waals surface area contributed by atoms with E-state index in [1.54, 1.807) is 11.8 Å². The van der Waals surface area contributed by atoms with Gasteiger partial charge in [0, 0.05) is 25.7 Å². The van der Waals surface area contributed by atoms with E-state index in [0.717, 1.165) is 18.4 Å². The molecule has 0 saturated carbocycles. The van der Waals surface area contributed by atoms with Gasteiger partial charge >= 0.3 is 12.1 Å². The zero-order valence-corrected chi connectivity index (χ0v) is 19.3. The van der Waals surface area contributed by atoms with Gasteiger partial charge in [-0.05, 0) is 46.1 Å². The second-order valence-electron chi connectivity index (χ2n) is 8.59. The second-order valence-corrected chi connectivity index (χ2v) is 8.59. The number of benzene rings is 1. The number of amides is 1. The quantitative estimate of drug-likeness (QED) is 0.312. The Morgan fingerprint density at radius 2 is 2.03 bits per heavy atom. The number of guanidine groups is 1. The molecular weight excluding hydrogens is 410 g/mol. The third-order valence-corrected chi connectivity index (χ3v) is 4.70. The predicted molar refractivity (Wildman–Crippen MR) is 120 cm³/mol. The lowest BCUT2D eigenvalue weighted by molar-refractivity contribution is -0.143. The van der Waals surface area contributed by atoms with Crippen LogP contribution in [0.1, 0.15) is 46.1 Å². The first kappa shape index (κ1) is 25.0. The van der Waals surface area contributed by atoms with Crippen LogP contribution in [0.5, 0.6) is 0 Å². The summed E-state index contributed by atoms with van der Waals surface area (Å²) < 4.78 is 10.5. The van der Waals surface area contributed by atoms with Gasteiger partial charge in [0.2, 0.25) is 12.2 Å². The average molecular weight is 444 g/mol. The molecule has 174 valence electrons. The fourth-order valence-corrected chi connectivity index (χ4v) is 3.50. The third-order valence-electron chi connectivity index (χ3n) is 4.70. The molecule has 0 bridgehead atoms. The van der Waals surface area contributed by atoms with Gasteiger partial charge in [0.1, 0.15) is 12.1 Å². The summed E-state index contributed by atoms with van der Waals surface area (Å²) in [4.78, 5) is 32.2. The second kappa shape index (κ2) is 11.9. The van der Waals surface area contributed by atoms with Gasteiger partial charge in [0.05, 0.1) is 6.61 Å². The highest BCUT2D eigenvalue weighted by atomic mass is 16.6. The molecule has 1 heterocycles. The standard InChI is InChI=1S/C23H33N5O4/c1-5-31-20(29)16-28(14-18-10-7-6-8-11-18)21(25-17-24)27-13-9-12-19(15-27)26-22(30)32-23(2,3)4/h6-8,10-11,19H,5,9,12-16H2,1-4H3,(H,26,30)/b25-21+. The molecule has 0 aromatic heterocycles. The van der Waals surface area contributed by atoms with Gasteiger partial charge in [-0.25, -0.2) is 4.79 Å². The SMILES string of the molecule is CCOC(=O)CN(Cc1ccccc1)/C(=N/C#N)N1CCCC(NC(=O)OC(C)(C)C)C1. The van der Waals surface area contributed by atoms with Crippen molar-refractivity contribution in [2.24, 2.45) is 4.99 Å². The van der Waals surface area contributed by atoms with Crippen LogP contribution in [-0.4, -0.2) is 65.7 Å². The molecule has 9 heteroatoms. The number of nitrogens with one attached hydrogen (secondary N) is 1. The number of alkyl carbamates (subject to hydrolysis) is 1. The van der Waals surface area contributed by atoms with Crippen molar-refractivity contribution in [1.82, 2.24) is 15.1 Å². The number of nitriles is 1. The van der Waals surface area contributed by atoms with Crippen LogP contribution in [0, 0.1) is 11.5 Å². The molecule has 1 aliphatic rings. The van der Waals surface area contributed by atoms with E-state index in [0.29, 0.717) is 25.6 Å². The highest BCUT2D eigenvalue weighted by Gasteiger charge is 2.29. The Kier molecular flexibility index (Phi) is 9.32. The normalized spacial score (nSPS) is 16.7. The van der Waals surface area contributed by atoms with Crippen LogP contribution in [0.4, 0.5) is 4.79 Å². The van der Waals surface area contributed by atoms with E-state index >= 15 is 0 Å². The first-order valence-corrected chi connectivity index (χ1v) is 10.9. The molecule has 0 aliphatic carbocycles. The first-order chi connectivity index (χ1) is 15.2. The number of hydrogen-bond acceptors (Lipinski definition) is 6. The lowest BCUT2D eigenvalue weighted by Gasteiger charge is -2.38. The van der Waals surface area contributed by atoms with E-state index in [4.69, 9.17) is 9.47 Å². The van der Waals surface area contributed by atoms with Gasteiger partial charge in [-0.1, -0.05) is 30.3 Å². The lowest BCUT2D eigenvalue weighted by atomic mass is 10.1. The molecule has 0 spiro atoms. The monoisotopic (exact) mass is 443 g/mol. The Labute approximate surface area is 190 Å². The number of piperidine rings is 1. The van der Waals surface area contributed by atoms with Crippen molar-refractivity contribution in [3.63, 3.8) is 0 Å². The molecule has 0 radical (unpaired) electrons. The smallest absolute Gasteiger partial charge is 0.407 e. The van der Waals surface area contributed by atoms with E-state index in [-0.39, 0.29) is 19.2 Å². The summed E-state index contributed by atoms with van der Waals surface area (Å²) in [6, 6.07) is 9.49. The van der Waals surface area contributed by atoms with Crippen molar-refractivity contribution in [1.29, 1.82) is 5.26 Å². The van der Waals surface area contributed by atoms with E-state index < -0.39 is 17.7 Å². The molecule has 1 fully saturated rings. The predicted octanol–water partition coefficient (Wildman–Crippen LogP) is 2.88. The number of likely N-dealkylation sites (tertiary alicyclic amines) is 1. The summed E-state index contributed by atoms with van der Waals surface area (Å²) in [7, 11) is 0. The number of rotatable bonds is 6. The molecule has 2 rings (SSSR count). The Morgan fingerprint density at radius 3 is 2.66 bits per heavy atom. The Hall–Kier alpha value is -3.28. The highest BCUT2D eigenvalue weighted by Crippen LogP contribution is 2.16. The number of hydrogen-bond donors (Lipinski definition) is 1. The van der Waals surface area contributed by atoms with Crippen LogP contribution in [0.15, 0.2) is 35.3 Å². The molecule has 1 aromatic rings. The van der Waals surface area contributed by atoms with Crippen molar-refractivity contribution in [3.8, 4) is 6.19 Å². The summed E-state index contributed by atoms with van der Waals surface area (Å²) >= 11 is 0. The Bertz CT molecular complexity index is 829. The number of nitrogens with zero attached hydrogens (tertiary/aromatic N) is 4. The van der Waals surface area contributed by atoms with Crippen molar-refractivity contribution in [3.05, 3.63) is 35.9 Å². The fraction of sp³-hybridized carbons (Fsp3) is 0.565. The van der Waals surface area contributed by atoms with Gasteiger partial charge in [-0.2, -0.15) is 5.26 Å². The largest absolute Gasteiger partial charge is 0.465 e. The minimum Gasteiger partial charge on any atom is -0.465 e. The van der Waals surface area contributed by atoms with E-state index in [1.165, 1.54) is 0 Å². The van der Waals surface area contributed by atoms with Crippen LogP contribution in [0.3, 0.4) is 0 Å². The van der Waals surface area contributed by atoms with Gasteiger partial charge in [0.25, 0.3) is 0 Å². The van der Waals surface area contributed by atoms with Crippen LogP contribution in [0.25, 0.3) is 0 Å². The van der Waals surface area contributed by atoms with Crippen LogP contribution in [0.2, 0.25) is 0 Å². The number of aliphatic imine (C=N–C) groups is 1. The molecule has 1 atom stereocenters. The molecule has 1 saturated heterocycles. The molecule has 1 N–H and O–H groups in total. The van der Waals surface area contributed by atoms with Gasteiger partial charge in [0.15, 0.2) is 0 Å². The molecule has 1 unspecified atom stereocenters. The Morgan fingerprint density at radius 1 is 1.31 bits per heavy atom. The maximum Gasteiger partial charge on any atom is 0.407 e. The Balaban J connectivity index is 2.18. The fourth-order valence-electron chi connectivity index (χ4n) is 3.50. The maximum absolute atomic E-state index is 12.3. The number of carbonyl (C=O) groups excluding carboxylic acids is 2. The molecule has 1 amide bonds. The molecule has 32 heavy (non-hydrogen) atoms. The summed E-state index contributed by atoms with van der Waals surface area (Å²) in [5.74, 6) is -0.00500. The summed E-state index contributed by atoms with van der Waals surface area (Å²) in [6.45, 7) is 8.92. The summed E-state index contributed by atoms with van der Waals surface area (Å²) in [5.41, 5.74) is 0.390. The summed E-state index contributed by atoms with van der Waals surface area (Å²) in [6.07, 6.45) is 2.97. The minimum absolute atomic E-state index is 0.0378. The number of carbonyl (C=O) groups is 2.